The maximum absolute atomic E-state index is 13.0. The van der Waals surface area contributed by atoms with Crippen LogP contribution < -0.4 is 21.7 Å². The average Bonchev–Trinajstić information content (AvgIpc) is 2.74. The molecule has 0 bridgehead atoms. The van der Waals surface area contributed by atoms with Gasteiger partial charge in [0, 0.05) is 0 Å². The van der Waals surface area contributed by atoms with E-state index in [1.54, 1.807) is 13.8 Å². The molecule has 5 atom stereocenters. The van der Waals surface area contributed by atoms with Crippen LogP contribution in [0.15, 0.2) is 30.3 Å². The third-order valence-electron chi connectivity index (χ3n) is 5.40. The summed E-state index contributed by atoms with van der Waals surface area (Å²) in [5.41, 5.74) is 6.96. The smallest absolute Gasteiger partial charge is 0.325 e. The van der Waals surface area contributed by atoms with Crippen LogP contribution in [0.4, 0.5) is 0 Å². The van der Waals surface area contributed by atoms with Crippen molar-refractivity contribution in [2.24, 2.45) is 17.6 Å². The van der Waals surface area contributed by atoms with Gasteiger partial charge in [-0.1, -0.05) is 64.4 Å². The zero-order valence-corrected chi connectivity index (χ0v) is 19.4. The van der Waals surface area contributed by atoms with E-state index in [2.05, 4.69) is 16.0 Å². The second kappa shape index (κ2) is 12.8. The van der Waals surface area contributed by atoms with Gasteiger partial charge in [-0.3, -0.25) is 19.2 Å². The Morgan fingerprint density at radius 1 is 0.875 bits per heavy atom. The molecule has 3 amide bonds. The Balaban J connectivity index is 2.90. The zero-order chi connectivity index (χ0) is 24.4. The van der Waals surface area contributed by atoms with Crippen molar-refractivity contribution >= 4 is 23.7 Å². The number of carbonyl (C=O) groups is 4. The normalized spacial score (nSPS) is 15.7. The van der Waals surface area contributed by atoms with Crippen molar-refractivity contribution in [3.63, 3.8) is 0 Å². The fourth-order valence-electron chi connectivity index (χ4n) is 3.07. The maximum Gasteiger partial charge on any atom is 0.325 e. The Kier molecular flexibility index (Phi) is 10.8. The van der Waals surface area contributed by atoms with Crippen molar-refractivity contribution in [2.75, 3.05) is 0 Å². The van der Waals surface area contributed by atoms with Gasteiger partial charge in [-0.15, -0.1) is 0 Å². The number of aliphatic carboxylic acids is 1. The first-order chi connectivity index (χ1) is 15.0. The minimum Gasteiger partial charge on any atom is -0.480 e. The van der Waals surface area contributed by atoms with Crippen LogP contribution in [0.5, 0.6) is 0 Å². The number of rotatable bonds is 12. The van der Waals surface area contributed by atoms with Crippen LogP contribution in [-0.4, -0.2) is 53.0 Å². The van der Waals surface area contributed by atoms with E-state index < -0.39 is 47.9 Å². The van der Waals surface area contributed by atoms with Crippen molar-refractivity contribution in [1.82, 2.24) is 16.0 Å². The number of nitrogens with two attached hydrogens (primary N) is 1. The minimum absolute atomic E-state index is 0.211. The molecule has 9 heteroatoms. The van der Waals surface area contributed by atoms with E-state index in [0.717, 1.165) is 5.56 Å². The molecule has 0 aromatic heterocycles. The lowest BCUT2D eigenvalue weighted by Crippen LogP contribution is -2.59. The number of hydrogen-bond donors (Lipinski definition) is 5. The van der Waals surface area contributed by atoms with Crippen LogP contribution in [0.25, 0.3) is 0 Å². The molecule has 9 nitrogen and oxygen atoms in total. The second-order valence-corrected chi connectivity index (χ2v) is 8.47. The molecule has 0 saturated carbocycles. The molecule has 0 fully saturated rings. The fraction of sp³-hybridized carbons (Fsp3) is 0.565. The molecule has 6 N–H and O–H groups in total. The average molecular weight is 449 g/mol. The molecule has 0 spiro atoms. The summed E-state index contributed by atoms with van der Waals surface area (Å²) >= 11 is 0. The van der Waals surface area contributed by atoms with Gasteiger partial charge < -0.3 is 26.8 Å². The Bertz CT molecular complexity index is 784. The van der Waals surface area contributed by atoms with Crippen LogP contribution >= 0.6 is 0 Å². The summed E-state index contributed by atoms with van der Waals surface area (Å²) in [7, 11) is 0. The van der Waals surface area contributed by atoms with E-state index in [1.807, 2.05) is 44.2 Å². The predicted molar refractivity (Wildman–Crippen MR) is 122 cm³/mol. The van der Waals surface area contributed by atoms with Gasteiger partial charge in [-0.2, -0.15) is 0 Å². The summed E-state index contributed by atoms with van der Waals surface area (Å²) in [6.45, 7) is 8.53. The Morgan fingerprint density at radius 3 is 1.91 bits per heavy atom. The van der Waals surface area contributed by atoms with Crippen molar-refractivity contribution in [3.8, 4) is 0 Å². The van der Waals surface area contributed by atoms with Gasteiger partial charge in [-0.25, -0.2) is 0 Å². The van der Waals surface area contributed by atoms with Gasteiger partial charge in [0.05, 0.1) is 6.04 Å². The first-order valence-corrected chi connectivity index (χ1v) is 10.9. The third kappa shape index (κ3) is 8.30. The lowest BCUT2D eigenvalue weighted by Gasteiger charge is -2.29. The lowest BCUT2D eigenvalue weighted by molar-refractivity contribution is -0.142. The quantitative estimate of drug-likeness (QED) is 0.319. The molecular weight excluding hydrogens is 412 g/mol. The Labute approximate surface area is 189 Å². The van der Waals surface area contributed by atoms with E-state index in [4.69, 9.17) is 10.8 Å². The van der Waals surface area contributed by atoms with Crippen molar-refractivity contribution < 1.29 is 24.3 Å². The molecule has 1 rings (SSSR count). The summed E-state index contributed by atoms with van der Waals surface area (Å²) in [4.78, 5) is 49.3. The SMILES string of the molecule is CCC(C)C(NC(=O)C(N)Cc1ccccc1)C(=O)NC(C(=O)NC(C)C(=O)O)C(C)C. The van der Waals surface area contributed by atoms with Crippen LogP contribution in [0, 0.1) is 11.8 Å². The standard InChI is InChI=1S/C23H36N4O5/c1-6-14(4)19(27-20(28)17(24)12-16-10-8-7-9-11-16)22(30)26-18(13(2)3)21(29)25-15(5)23(31)32/h7-11,13-15,17-19H,6,12,24H2,1-5H3,(H,25,29)(H,26,30)(H,27,28)(H,31,32). The summed E-state index contributed by atoms with van der Waals surface area (Å²) in [5.74, 6) is -3.26. The van der Waals surface area contributed by atoms with Crippen LogP contribution in [0.3, 0.4) is 0 Å². The van der Waals surface area contributed by atoms with E-state index >= 15 is 0 Å². The number of carbonyl (C=O) groups excluding carboxylic acids is 3. The molecule has 1 aromatic rings. The molecule has 5 unspecified atom stereocenters. The summed E-state index contributed by atoms with van der Waals surface area (Å²) in [5, 5.41) is 16.8. The highest BCUT2D eigenvalue weighted by Crippen LogP contribution is 2.11. The first-order valence-electron chi connectivity index (χ1n) is 10.9. The molecule has 1 aromatic carbocycles. The monoisotopic (exact) mass is 448 g/mol. The number of amides is 3. The van der Waals surface area contributed by atoms with E-state index in [1.165, 1.54) is 6.92 Å². The maximum atomic E-state index is 13.0. The van der Waals surface area contributed by atoms with Crippen LogP contribution in [-0.2, 0) is 25.6 Å². The Morgan fingerprint density at radius 2 is 1.41 bits per heavy atom. The van der Waals surface area contributed by atoms with Crippen molar-refractivity contribution in [2.45, 2.75) is 71.6 Å². The molecule has 32 heavy (non-hydrogen) atoms. The Hall–Kier alpha value is -2.94. The third-order valence-corrected chi connectivity index (χ3v) is 5.40. The van der Waals surface area contributed by atoms with E-state index in [-0.39, 0.29) is 11.8 Å². The van der Waals surface area contributed by atoms with Gasteiger partial charge in [0.2, 0.25) is 17.7 Å². The second-order valence-electron chi connectivity index (χ2n) is 8.47. The topological polar surface area (TPSA) is 151 Å². The summed E-state index contributed by atoms with van der Waals surface area (Å²) in [6, 6.07) is 5.56. The molecule has 0 radical (unpaired) electrons. The fourth-order valence-corrected chi connectivity index (χ4v) is 3.07. The minimum atomic E-state index is -1.18. The van der Waals surface area contributed by atoms with Gasteiger partial charge in [0.1, 0.15) is 18.1 Å². The van der Waals surface area contributed by atoms with Crippen LogP contribution in [0.2, 0.25) is 0 Å². The number of carboxylic acids is 1. The van der Waals surface area contributed by atoms with Crippen molar-refractivity contribution in [1.29, 1.82) is 0 Å². The summed E-state index contributed by atoms with van der Waals surface area (Å²) < 4.78 is 0. The molecule has 0 aliphatic carbocycles. The van der Waals surface area contributed by atoms with Gasteiger partial charge in [0.15, 0.2) is 0 Å². The number of carboxylic acid groups (broad SMARTS) is 1. The molecule has 0 heterocycles. The molecule has 178 valence electrons. The van der Waals surface area contributed by atoms with Crippen molar-refractivity contribution in [3.05, 3.63) is 35.9 Å². The molecule has 0 saturated heterocycles. The largest absolute Gasteiger partial charge is 0.480 e. The highest BCUT2D eigenvalue weighted by molar-refractivity contribution is 5.94. The van der Waals surface area contributed by atoms with E-state index in [0.29, 0.717) is 12.8 Å². The summed E-state index contributed by atoms with van der Waals surface area (Å²) in [6.07, 6.45) is 0.937. The molecule has 0 aliphatic rings. The molecular formula is C23H36N4O5. The number of hydrogen-bond acceptors (Lipinski definition) is 5. The highest BCUT2D eigenvalue weighted by atomic mass is 16.4. The highest BCUT2D eigenvalue weighted by Gasteiger charge is 2.33. The number of nitrogens with one attached hydrogen (secondary N) is 3. The zero-order valence-electron chi connectivity index (χ0n) is 19.4. The lowest BCUT2D eigenvalue weighted by atomic mass is 9.95. The van der Waals surface area contributed by atoms with Gasteiger partial charge in [0.25, 0.3) is 0 Å². The van der Waals surface area contributed by atoms with Gasteiger partial charge in [-0.05, 0) is 30.7 Å². The first kappa shape index (κ1) is 27.1. The molecule has 0 aliphatic heterocycles. The van der Waals surface area contributed by atoms with Gasteiger partial charge >= 0.3 is 5.97 Å². The number of benzene rings is 1. The predicted octanol–water partition coefficient (Wildman–Crippen LogP) is 0.817. The van der Waals surface area contributed by atoms with Crippen LogP contribution in [0.1, 0.15) is 46.6 Å². The van der Waals surface area contributed by atoms with E-state index in [9.17, 15) is 19.2 Å².